The molecule has 1 atom stereocenters. The van der Waals surface area contributed by atoms with E-state index >= 15 is 0 Å². The van der Waals surface area contributed by atoms with Gasteiger partial charge in [-0.3, -0.25) is 10.1 Å². The topological polar surface area (TPSA) is 81.2 Å². The standard InChI is InChI=1S/C10H15N3O2/c1-2-3-10(11)12-8-4-6-9(7-5-8)13(14)15/h4-7,10,12H,2-3,11H2,1H3. The number of rotatable bonds is 5. The molecule has 0 bridgehead atoms. The van der Waals surface area contributed by atoms with E-state index in [2.05, 4.69) is 12.2 Å². The number of benzene rings is 1. The maximum absolute atomic E-state index is 10.4. The van der Waals surface area contributed by atoms with E-state index in [9.17, 15) is 10.1 Å². The van der Waals surface area contributed by atoms with E-state index in [0.29, 0.717) is 0 Å². The second-order valence-electron chi connectivity index (χ2n) is 3.34. The SMILES string of the molecule is CCCC(N)Nc1ccc([N+](=O)[O-])cc1. The van der Waals surface area contributed by atoms with Crippen molar-refractivity contribution in [2.24, 2.45) is 5.73 Å². The highest BCUT2D eigenvalue weighted by Gasteiger charge is 2.05. The Morgan fingerprint density at radius 3 is 2.53 bits per heavy atom. The molecule has 3 N–H and O–H groups in total. The fourth-order valence-corrected chi connectivity index (χ4v) is 1.28. The van der Waals surface area contributed by atoms with Crippen LogP contribution in [0.5, 0.6) is 0 Å². The first-order valence-electron chi connectivity index (χ1n) is 4.90. The van der Waals surface area contributed by atoms with Gasteiger partial charge >= 0.3 is 0 Å². The average Bonchev–Trinajstić information content (AvgIpc) is 2.18. The molecule has 0 saturated heterocycles. The van der Waals surface area contributed by atoms with E-state index in [4.69, 9.17) is 5.73 Å². The molecular weight excluding hydrogens is 194 g/mol. The number of non-ortho nitro benzene ring substituents is 1. The molecular formula is C10H15N3O2. The zero-order valence-electron chi connectivity index (χ0n) is 8.64. The van der Waals surface area contributed by atoms with E-state index in [-0.39, 0.29) is 11.9 Å². The van der Waals surface area contributed by atoms with Gasteiger partial charge in [-0.2, -0.15) is 0 Å². The largest absolute Gasteiger partial charge is 0.370 e. The van der Waals surface area contributed by atoms with Crippen LogP contribution in [0.2, 0.25) is 0 Å². The van der Waals surface area contributed by atoms with Gasteiger partial charge in [0.2, 0.25) is 0 Å². The molecule has 1 rings (SSSR count). The molecule has 82 valence electrons. The Morgan fingerprint density at radius 1 is 1.47 bits per heavy atom. The summed E-state index contributed by atoms with van der Waals surface area (Å²) < 4.78 is 0. The molecule has 0 aromatic heterocycles. The normalized spacial score (nSPS) is 12.1. The minimum Gasteiger partial charge on any atom is -0.370 e. The molecule has 1 unspecified atom stereocenters. The van der Waals surface area contributed by atoms with E-state index in [1.807, 2.05) is 0 Å². The quantitative estimate of drug-likeness (QED) is 0.442. The van der Waals surface area contributed by atoms with Crippen molar-refractivity contribution in [3.63, 3.8) is 0 Å². The lowest BCUT2D eigenvalue weighted by molar-refractivity contribution is -0.384. The second kappa shape index (κ2) is 5.31. The fraction of sp³-hybridized carbons (Fsp3) is 0.400. The molecule has 0 aliphatic heterocycles. The summed E-state index contributed by atoms with van der Waals surface area (Å²) in [6.07, 6.45) is 1.77. The van der Waals surface area contributed by atoms with Crippen LogP contribution in [0.3, 0.4) is 0 Å². The highest BCUT2D eigenvalue weighted by Crippen LogP contribution is 2.15. The number of hydrogen-bond acceptors (Lipinski definition) is 4. The maximum atomic E-state index is 10.4. The van der Waals surface area contributed by atoms with Gasteiger partial charge in [0.15, 0.2) is 0 Å². The van der Waals surface area contributed by atoms with Crippen LogP contribution in [-0.4, -0.2) is 11.1 Å². The number of hydrogen-bond donors (Lipinski definition) is 2. The van der Waals surface area contributed by atoms with Crippen LogP contribution >= 0.6 is 0 Å². The maximum Gasteiger partial charge on any atom is 0.269 e. The summed E-state index contributed by atoms with van der Waals surface area (Å²) in [6.45, 7) is 2.05. The van der Waals surface area contributed by atoms with Crippen molar-refractivity contribution >= 4 is 11.4 Å². The lowest BCUT2D eigenvalue weighted by atomic mass is 10.2. The summed E-state index contributed by atoms with van der Waals surface area (Å²) in [6, 6.07) is 6.24. The van der Waals surface area contributed by atoms with E-state index in [1.165, 1.54) is 12.1 Å². The molecule has 0 saturated carbocycles. The molecule has 0 amide bonds. The monoisotopic (exact) mass is 209 g/mol. The Balaban J connectivity index is 2.60. The fourth-order valence-electron chi connectivity index (χ4n) is 1.28. The number of nitrogens with two attached hydrogens (primary N) is 1. The van der Waals surface area contributed by atoms with Crippen molar-refractivity contribution in [2.75, 3.05) is 5.32 Å². The molecule has 0 aliphatic rings. The molecule has 0 heterocycles. The van der Waals surface area contributed by atoms with Crippen molar-refractivity contribution in [1.82, 2.24) is 0 Å². The number of nitro groups is 1. The Morgan fingerprint density at radius 2 is 2.07 bits per heavy atom. The molecule has 0 fully saturated rings. The van der Waals surface area contributed by atoms with Gasteiger partial charge in [-0.25, -0.2) is 0 Å². The summed E-state index contributed by atoms with van der Waals surface area (Å²) in [5.74, 6) is 0. The lowest BCUT2D eigenvalue weighted by Gasteiger charge is -2.13. The molecule has 0 radical (unpaired) electrons. The molecule has 0 aliphatic carbocycles. The molecule has 0 spiro atoms. The summed E-state index contributed by atoms with van der Waals surface area (Å²) in [7, 11) is 0. The average molecular weight is 209 g/mol. The summed E-state index contributed by atoms with van der Waals surface area (Å²) in [4.78, 5) is 9.98. The predicted molar refractivity (Wildman–Crippen MR) is 59.6 cm³/mol. The van der Waals surface area contributed by atoms with Gasteiger partial charge < -0.3 is 11.1 Å². The Bertz CT molecular complexity index is 324. The van der Waals surface area contributed by atoms with E-state index in [0.717, 1.165) is 18.5 Å². The van der Waals surface area contributed by atoms with Crippen LogP contribution in [0, 0.1) is 10.1 Å². The Kier molecular flexibility index (Phi) is 4.05. The number of nitro benzene ring substituents is 1. The number of anilines is 1. The van der Waals surface area contributed by atoms with Gasteiger partial charge in [-0.1, -0.05) is 13.3 Å². The first-order chi connectivity index (χ1) is 7.13. The van der Waals surface area contributed by atoms with Crippen LogP contribution in [0.15, 0.2) is 24.3 Å². The first-order valence-corrected chi connectivity index (χ1v) is 4.90. The third-order valence-electron chi connectivity index (χ3n) is 2.03. The van der Waals surface area contributed by atoms with Crippen molar-refractivity contribution in [1.29, 1.82) is 0 Å². The van der Waals surface area contributed by atoms with Gasteiger partial charge in [0, 0.05) is 17.8 Å². The summed E-state index contributed by atoms with van der Waals surface area (Å²) in [5.41, 5.74) is 6.66. The minimum atomic E-state index is -0.421. The van der Waals surface area contributed by atoms with E-state index < -0.39 is 4.92 Å². The highest BCUT2D eigenvalue weighted by molar-refractivity contribution is 5.48. The number of nitrogens with zero attached hydrogens (tertiary/aromatic N) is 1. The highest BCUT2D eigenvalue weighted by atomic mass is 16.6. The molecule has 1 aromatic carbocycles. The van der Waals surface area contributed by atoms with Gasteiger partial charge in [0.25, 0.3) is 5.69 Å². The summed E-state index contributed by atoms with van der Waals surface area (Å²) in [5, 5.41) is 13.5. The van der Waals surface area contributed by atoms with Crippen molar-refractivity contribution in [3.05, 3.63) is 34.4 Å². The second-order valence-corrected chi connectivity index (χ2v) is 3.34. The lowest BCUT2D eigenvalue weighted by Crippen LogP contribution is -2.28. The van der Waals surface area contributed by atoms with Crippen LogP contribution in [0.4, 0.5) is 11.4 Å². The smallest absolute Gasteiger partial charge is 0.269 e. The zero-order chi connectivity index (χ0) is 11.3. The summed E-state index contributed by atoms with van der Waals surface area (Å²) >= 11 is 0. The van der Waals surface area contributed by atoms with Crippen molar-refractivity contribution in [3.8, 4) is 0 Å². The molecule has 15 heavy (non-hydrogen) atoms. The Hall–Kier alpha value is -1.62. The predicted octanol–water partition coefficient (Wildman–Crippen LogP) is 2.09. The van der Waals surface area contributed by atoms with Crippen molar-refractivity contribution < 1.29 is 4.92 Å². The third-order valence-corrected chi connectivity index (χ3v) is 2.03. The Labute approximate surface area is 88.4 Å². The minimum absolute atomic E-state index is 0.0876. The van der Waals surface area contributed by atoms with Crippen LogP contribution in [0.25, 0.3) is 0 Å². The molecule has 5 nitrogen and oxygen atoms in total. The van der Waals surface area contributed by atoms with Gasteiger partial charge in [0.1, 0.15) is 0 Å². The molecule has 1 aromatic rings. The van der Waals surface area contributed by atoms with Crippen LogP contribution in [0.1, 0.15) is 19.8 Å². The zero-order valence-corrected chi connectivity index (χ0v) is 8.64. The number of nitrogens with one attached hydrogen (secondary N) is 1. The third kappa shape index (κ3) is 3.55. The van der Waals surface area contributed by atoms with E-state index in [1.54, 1.807) is 12.1 Å². The van der Waals surface area contributed by atoms with Gasteiger partial charge in [-0.05, 0) is 18.6 Å². The van der Waals surface area contributed by atoms with Crippen molar-refractivity contribution in [2.45, 2.75) is 25.9 Å². The van der Waals surface area contributed by atoms with Crippen LogP contribution in [-0.2, 0) is 0 Å². The van der Waals surface area contributed by atoms with Gasteiger partial charge in [0.05, 0.1) is 11.1 Å². The first kappa shape index (κ1) is 11.5. The van der Waals surface area contributed by atoms with Gasteiger partial charge in [-0.15, -0.1) is 0 Å². The van der Waals surface area contributed by atoms with Crippen LogP contribution < -0.4 is 11.1 Å². The molecule has 5 heteroatoms.